The largest absolute Gasteiger partial charge is 0.490 e. The van der Waals surface area contributed by atoms with Crippen LogP contribution in [0, 0.1) is 0 Å². The fourth-order valence-electron chi connectivity index (χ4n) is 2.11. The number of para-hydroxylation sites is 1. The van der Waals surface area contributed by atoms with Crippen molar-refractivity contribution in [3.63, 3.8) is 0 Å². The lowest BCUT2D eigenvalue weighted by Crippen LogP contribution is -2.15. The molecule has 0 unspecified atom stereocenters. The van der Waals surface area contributed by atoms with Crippen molar-refractivity contribution in [2.24, 2.45) is 0 Å². The van der Waals surface area contributed by atoms with Crippen LogP contribution in [0.15, 0.2) is 36.4 Å². The highest BCUT2D eigenvalue weighted by Gasteiger charge is 2.17. The van der Waals surface area contributed by atoms with Crippen LogP contribution >= 0.6 is 23.2 Å². The Bertz CT molecular complexity index is 769. The minimum atomic E-state index is -0.546. The molecule has 0 saturated carbocycles. The lowest BCUT2D eigenvalue weighted by atomic mass is 10.1. The zero-order valence-electron chi connectivity index (χ0n) is 13.8. The summed E-state index contributed by atoms with van der Waals surface area (Å²) in [6.07, 6.45) is 0.805. The van der Waals surface area contributed by atoms with Crippen molar-refractivity contribution < 1.29 is 19.1 Å². The van der Waals surface area contributed by atoms with Crippen LogP contribution in [0.25, 0.3) is 0 Å². The van der Waals surface area contributed by atoms with Gasteiger partial charge in [0.2, 0.25) is 0 Å². The summed E-state index contributed by atoms with van der Waals surface area (Å²) in [5.74, 6) is -0.658. The van der Waals surface area contributed by atoms with E-state index in [4.69, 9.17) is 32.7 Å². The molecular formula is C18H17Cl2NO4. The molecule has 0 atom stereocenters. The van der Waals surface area contributed by atoms with Crippen LogP contribution in [0.1, 0.15) is 34.1 Å². The fourth-order valence-corrected chi connectivity index (χ4v) is 2.70. The van der Waals surface area contributed by atoms with Gasteiger partial charge >= 0.3 is 5.97 Å². The number of carbonyl (C=O) groups is 2. The SMILES string of the molecule is CCCOc1c(Cl)cc(C(=O)Nc2ccccc2C(=O)OC)cc1Cl. The van der Waals surface area contributed by atoms with Gasteiger partial charge in [-0.1, -0.05) is 42.3 Å². The van der Waals surface area contributed by atoms with Crippen LogP contribution in [0.2, 0.25) is 10.0 Å². The predicted octanol–water partition coefficient (Wildman–Crippen LogP) is 4.82. The van der Waals surface area contributed by atoms with Crippen molar-refractivity contribution in [1.82, 2.24) is 0 Å². The summed E-state index contributed by atoms with van der Waals surface area (Å²) in [5, 5.41) is 3.15. The Morgan fingerprint density at radius 1 is 1.12 bits per heavy atom. The molecule has 0 aliphatic heterocycles. The second-order valence-electron chi connectivity index (χ2n) is 5.11. The molecule has 7 heteroatoms. The average Bonchev–Trinajstić information content (AvgIpc) is 2.60. The van der Waals surface area contributed by atoms with E-state index in [-0.39, 0.29) is 21.2 Å². The Hall–Kier alpha value is -2.24. The van der Waals surface area contributed by atoms with Crippen LogP contribution in [0.5, 0.6) is 5.75 Å². The second-order valence-corrected chi connectivity index (χ2v) is 5.92. The molecule has 0 fully saturated rings. The highest BCUT2D eigenvalue weighted by Crippen LogP contribution is 2.34. The summed E-state index contributed by atoms with van der Waals surface area (Å²) in [5.41, 5.74) is 0.829. The lowest BCUT2D eigenvalue weighted by Gasteiger charge is -2.12. The molecule has 2 aromatic rings. The van der Waals surface area contributed by atoms with Crippen molar-refractivity contribution in [2.45, 2.75) is 13.3 Å². The molecule has 2 rings (SSSR count). The number of ether oxygens (including phenoxy) is 2. The van der Waals surface area contributed by atoms with Gasteiger partial charge in [0.25, 0.3) is 5.91 Å². The molecule has 25 heavy (non-hydrogen) atoms. The van der Waals surface area contributed by atoms with E-state index in [0.29, 0.717) is 18.0 Å². The van der Waals surface area contributed by atoms with E-state index in [0.717, 1.165) is 6.42 Å². The molecule has 0 aromatic heterocycles. The number of benzene rings is 2. The van der Waals surface area contributed by atoms with Crippen molar-refractivity contribution in [2.75, 3.05) is 19.0 Å². The number of amides is 1. The molecule has 1 N–H and O–H groups in total. The molecule has 0 saturated heterocycles. The Morgan fingerprint density at radius 3 is 2.36 bits per heavy atom. The van der Waals surface area contributed by atoms with Gasteiger partial charge < -0.3 is 14.8 Å². The van der Waals surface area contributed by atoms with E-state index in [1.807, 2.05) is 6.92 Å². The van der Waals surface area contributed by atoms with Gasteiger partial charge in [-0.05, 0) is 30.7 Å². The maximum absolute atomic E-state index is 12.5. The Kier molecular flexibility index (Phi) is 6.67. The molecule has 0 aliphatic rings. The number of hydrogen-bond acceptors (Lipinski definition) is 4. The Labute approximate surface area is 155 Å². The topological polar surface area (TPSA) is 64.6 Å². The monoisotopic (exact) mass is 381 g/mol. The predicted molar refractivity (Wildman–Crippen MR) is 98.0 cm³/mol. The van der Waals surface area contributed by atoms with Gasteiger partial charge in [-0.2, -0.15) is 0 Å². The molecule has 1 amide bonds. The van der Waals surface area contributed by atoms with Gasteiger partial charge in [0.15, 0.2) is 5.75 Å². The van der Waals surface area contributed by atoms with Crippen LogP contribution in [0.3, 0.4) is 0 Å². The second kappa shape index (κ2) is 8.74. The molecule has 0 spiro atoms. The summed E-state index contributed by atoms with van der Waals surface area (Å²) >= 11 is 12.3. The number of esters is 1. The van der Waals surface area contributed by atoms with E-state index in [1.54, 1.807) is 24.3 Å². The van der Waals surface area contributed by atoms with Gasteiger partial charge in [0.1, 0.15) is 0 Å². The normalized spacial score (nSPS) is 10.2. The first-order valence-corrected chi connectivity index (χ1v) is 8.34. The van der Waals surface area contributed by atoms with Gasteiger partial charge in [0.05, 0.1) is 35.0 Å². The van der Waals surface area contributed by atoms with Crippen molar-refractivity contribution in [3.8, 4) is 5.75 Å². The van der Waals surface area contributed by atoms with Crippen LogP contribution in [0.4, 0.5) is 5.69 Å². The highest BCUT2D eigenvalue weighted by molar-refractivity contribution is 6.37. The lowest BCUT2D eigenvalue weighted by molar-refractivity contribution is 0.0602. The van der Waals surface area contributed by atoms with Gasteiger partial charge in [0, 0.05) is 5.56 Å². The van der Waals surface area contributed by atoms with Crippen molar-refractivity contribution in [1.29, 1.82) is 0 Å². The van der Waals surface area contributed by atoms with Crippen LogP contribution < -0.4 is 10.1 Å². The zero-order chi connectivity index (χ0) is 18.4. The van der Waals surface area contributed by atoms with E-state index >= 15 is 0 Å². The molecule has 0 bridgehead atoms. The fraction of sp³-hybridized carbons (Fsp3) is 0.222. The maximum Gasteiger partial charge on any atom is 0.339 e. The van der Waals surface area contributed by atoms with Gasteiger partial charge in [-0.3, -0.25) is 4.79 Å². The van der Waals surface area contributed by atoms with E-state index < -0.39 is 11.9 Å². The quantitative estimate of drug-likeness (QED) is 0.728. The first kappa shape index (κ1) is 19.1. The summed E-state index contributed by atoms with van der Waals surface area (Å²) in [6, 6.07) is 9.47. The number of carbonyl (C=O) groups excluding carboxylic acids is 2. The summed E-state index contributed by atoms with van der Waals surface area (Å²) in [7, 11) is 1.27. The molecule has 0 radical (unpaired) electrons. The molecule has 0 heterocycles. The number of methoxy groups -OCH3 is 1. The van der Waals surface area contributed by atoms with Crippen molar-refractivity contribution in [3.05, 3.63) is 57.6 Å². The Morgan fingerprint density at radius 2 is 1.76 bits per heavy atom. The molecular weight excluding hydrogens is 365 g/mol. The zero-order valence-corrected chi connectivity index (χ0v) is 15.3. The third-order valence-electron chi connectivity index (χ3n) is 3.29. The summed E-state index contributed by atoms with van der Waals surface area (Å²) in [6.45, 7) is 2.43. The molecule has 132 valence electrons. The van der Waals surface area contributed by atoms with Crippen LogP contribution in [-0.2, 0) is 4.74 Å². The number of hydrogen-bond donors (Lipinski definition) is 1. The van der Waals surface area contributed by atoms with Gasteiger partial charge in [-0.25, -0.2) is 4.79 Å². The summed E-state index contributed by atoms with van der Waals surface area (Å²) < 4.78 is 10.2. The van der Waals surface area contributed by atoms with E-state index in [9.17, 15) is 9.59 Å². The third kappa shape index (κ3) is 4.65. The number of anilines is 1. The van der Waals surface area contributed by atoms with Crippen LogP contribution in [-0.4, -0.2) is 25.6 Å². The summed E-state index contributed by atoms with van der Waals surface area (Å²) in [4.78, 5) is 24.3. The highest BCUT2D eigenvalue weighted by atomic mass is 35.5. The van der Waals surface area contributed by atoms with E-state index in [2.05, 4.69) is 5.32 Å². The third-order valence-corrected chi connectivity index (χ3v) is 3.85. The molecule has 5 nitrogen and oxygen atoms in total. The standard InChI is InChI=1S/C18H17Cl2NO4/c1-3-8-25-16-13(19)9-11(10-14(16)20)17(22)21-15-7-5-4-6-12(15)18(23)24-2/h4-7,9-10H,3,8H2,1-2H3,(H,21,22). The number of nitrogens with one attached hydrogen (secondary N) is 1. The molecule has 0 aliphatic carbocycles. The van der Waals surface area contributed by atoms with Crippen molar-refractivity contribution >= 4 is 40.8 Å². The smallest absolute Gasteiger partial charge is 0.339 e. The number of rotatable bonds is 6. The van der Waals surface area contributed by atoms with Gasteiger partial charge in [-0.15, -0.1) is 0 Å². The Balaban J connectivity index is 2.26. The maximum atomic E-state index is 12.5. The minimum Gasteiger partial charge on any atom is -0.490 e. The van der Waals surface area contributed by atoms with E-state index in [1.165, 1.54) is 19.2 Å². The number of halogens is 2. The minimum absolute atomic E-state index is 0.243. The first-order valence-electron chi connectivity index (χ1n) is 7.58. The average molecular weight is 382 g/mol. The molecule has 2 aromatic carbocycles. The first-order chi connectivity index (χ1) is 12.0.